The molecule has 1 aromatic carbocycles. The Labute approximate surface area is 170 Å². The van der Waals surface area contributed by atoms with Gasteiger partial charge in [-0.05, 0) is 55.6 Å². The van der Waals surface area contributed by atoms with Crippen LogP contribution in [-0.4, -0.2) is 43.4 Å². The molecule has 1 unspecified atom stereocenters. The number of methoxy groups -OCH3 is 1. The Bertz CT molecular complexity index is 870. The second-order valence-electron chi connectivity index (χ2n) is 6.95. The SMILES string of the molecule is CCC(CN)c1ccc2c(c1)N(C(=O)Oc1cccnc1)C[C@H](C)N2C(=O)OC. The second-order valence-corrected chi connectivity index (χ2v) is 6.95. The first kappa shape index (κ1) is 20.6. The molecule has 154 valence electrons. The lowest BCUT2D eigenvalue weighted by Crippen LogP contribution is -2.52. The fourth-order valence-corrected chi connectivity index (χ4v) is 3.55. The van der Waals surface area contributed by atoms with E-state index in [1.54, 1.807) is 28.1 Å². The minimum atomic E-state index is -0.534. The van der Waals surface area contributed by atoms with Crippen molar-refractivity contribution in [1.29, 1.82) is 0 Å². The Morgan fingerprint density at radius 1 is 1.28 bits per heavy atom. The van der Waals surface area contributed by atoms with Crippen LogP contribution in [-0.2, 0) is 4.74 Å². The Morgan fingerprint density at radius 3 is 2.69 bits per heavy atom. The van der Waals surface area contributed by atoms with Gasteiger partial charge in [-0.2, -0.15) is 0 Å². The molecule has 1 aliphatic heterocycles. The quantitative estimate of drug-likeness (QED) is 0.846. The molecule has 1 aromatic heterocycles. The number of amides is 2. The van der Waals surface area contributed by atoms with Crippen LogP contribution in [0, 0.1) is 0 Å². The highest BCUT2D eigenvalue weighted by Gasteiger charge is 2.36. The summed E-state index contributed by atoms with van der Waals surface area (Å²) in [5.41, 5.74) is 8.10. The third-order valence-corrected chi connectivity index (χ3v) is 5.12. The molecule has 0 fully saturated rings. The number of aromatic nitrogens is 1. The molecule has 0 radical (unpaired) electrons. The van der Waals surface area contributed by atoms with Crippen LogP contribution in [0.1, 0.15) is 31.7 Å². The van der Waals surface area contributed by atoms with Crippen molar-refractivity contribution in [3.05, 3.63) is 48.3 Å². The summed E-state index contributed by atoms with van der Waals surface area (Å²) in [6.45, 7) is 4.68. The number of ether oxygens (including phenoxy) is 2. The molecule has 8 nitrogen and oxygen atoms in total. The summed E-state index contributed by atoms with van der Waals surface area (Å²) >= 11 is 0. The van der Waals surface area contributed by atoms with E-state index in [2.05, 4.69) is 11.9 Å². The van der Waals surface area contributed by atoms with Crippen molar-refractivity contribution in [3.8, 4) is 5.75 Å². The van der Waals surface area contributed by atoms with Gasteiger partial charge in [-0.3, -0.25) is 14.8 Å². The average molecular weight is 398 g/mol. The molecule has 0 spiro atoms. The minimum absolute atomic E-state index is 0.155. The molecule has 0 saturated carbocycles. The van der Waals surface area contributed by atoms with E-state index >= 15 is 0 Å². The Hall–Kier alpha value is -3.13. The van der Waals surface area contributed by atoms with E-state index in [-0.39, 0.29) is 18.5 Å². The fourth-order valence-electron chi connectivity index (χ4n) is 3.55. The smallest absolute Gasteiger partial charge is 0.419 e. The number of rotatable bonds is 4. The number of fused-ring (bicyclic) bond motifs is 1. The standard InChI is InChI=1S/C21H26N4O4/c1-4-15(11-22)16-7-8-18-19(10-16)24(13-14(2)25(18)21(27)28-3)20(26)29-17-6-5-9-23-12-17/h5-10,12,14-15H,4,11,13,22H2,1-3H3/t14-,15?/m0/s1. The number of benzene rings is 1. The normalized spacial score (nSPS) is 16.8. The van der Waals surface area contributed by atoms with Crippen molar-refractivity contribution in [2.75, 3.05) is 30.0 Å². The first-order chi connectivity index (χ1) is 14.0. The van der Waals surface area contributed by atoms with Gasteiger partial charge in [0.2, 0.25) is 0 Å². The fraction of sp³-hybridized carbons (Fsp3) is 0.381. The van der Waals surface area contributed by atoms with Gasteiger partial charge in [0, 0.05) is 6.20 Å². The zero-order valence-electron chi connectivity index (χ0n) is 16.9. The summed E-state index contributed by atoms with van der Waals surface area (Å²) < 4.78 is 10.5. The van der Waals surface area contributed by atoms with Crippen LogP contribution in [0.25, 0.3) is 0 Å². The second kappa shape index (κ2) is 8.91. The van der Waals surface area contributed by atoms with E-state index in [0.29, 0.717) is 23.7 Å². The molecule has 8 heteroatoms. The number of hydrogen-bond acceptors (Lipinski definition) is 6. The topological polar surface area (TPSA) is 98.0 Å². The molecule has 1 aliphatic rings. The summed E-state index contributed by atoms with van der Waals surface area (Å²) in [6.07, 6.45) is 2.94. The zero-order valence-corrected chi connectivity index (χ0v) is 16.9. The predicted octanol–water partition coefficient (Wildman–Crippen LogP) is 3.51. The number of nitrogens with two attached hydrogens (primary N) is 1. The van der Waals surface area contributed by atoms with Gasteiger partial charge in [0.1, 0.15) is 0 Å². The molecule has 2 aromatic rings. The van der Waals surface area contributed by atoms with E-state index in [1.165, 1.54) is 13.3 Å². The number of carbonyl (C=O) groups is 2. The third kappa shape index (κ3) is 4.17. The zero-order chi connectivity index (χ0) is 21.0. The number of nitrogens with zero attached hydrogens (tertiary/aromatic N) is 3. The Balaban J connectivity index is 2.02. The van der Waals surface area contributed by atoms with Crippen molar-refractivity contribution in [1.82, 2.24) is 4.98 Å². The average Bonchev–Trinajstić information content (AvgIpc) is 2.74. The summed E-state index contributed by atoms with van der Waals surface area (Å²) in [7, 11) is 1.34. The van der Waals surface area contributed by atoms with Gasteiger partial charge in [0.15, 0.2) is 5.75 Å². The molecule has 2 atom stereocenters. The maximum atomic E-state index is 13.0. The van der Waals surface area contributed by atoms with Crippen molar-refractivity contribution >= 4 is 23.6 Å². The molecule has 2 amide bonds. The first-order valence-corrected chi connectivity index (χ1v) is 9.60. The number of anilines is 2. The van der Waals surface area contributed by atoms with Crippen LogP contribution < -0.4 is 20.3 Å². The van der Waals surface area contributed by atoms with Gasteiger partial charge in [-0.1, -0.05) is 13.0 Å². The minimum Gasteiger partial charge on any atom is -0.452 e. The Morgan fingerprint density at radius 2 is 2.07 bits per heavy atom. The summed E-state index contributed by atoms with van der Waals surface area (Å²) in [6, 6.07) is 8.75. The molecular formula is C21H26N4O4. The van der Waals surface area contributed by atoms with Crippen LogP contribution in [0.4, 0.5) is 21.0 Å². The van der Waals surface area contributed by atoms with Crippen molar-refractivity contribution in [3.63, 3.8) is 0 Å². The maximum Gasteiger partial charge on any atom is 0.419 e. The van der Waals surface area contributed by atoms with Gasteiger partial charge in [0.05, 0.1) is 37.3 Å². The molecule has 2 N–H and O–H groups in total. The first-order valence-electron chi connectivity index (χ1n) is 9.60. The molecule has 3 rings (SSSR count). The molecule has 29 heavy (non-hydrogen) atoms. The number of carbonyl (C=O) groups excluding carboxylic acids is 2. The lowest BCUT2D eigenvalue weighted by molar-refractivity contribution is 0.175. The van der Waals surface area contributed by atoms with Gasteiger partial charge < -0.3 is 15.2 Å². The van der Waals surface area contributed by atoms with Crippen molar-refractivity contribution < 1.29 is 19.1 Å². The lowest BCUT2D eigenvalue weighted by Gasteiger charge is -2.40. The molecule has 0 aliphatic carbocycles. The number of hydrogen-bond donors (Lipinski definition) is 1. The van der Waals surface area contributed by atoms with Crippen LogP contribution in [0.3, 0.4) is 0 Å². The van der Waals surface area contributed by atoms with Gasteiger partial charge in [0.25, 0.3) is 0 Å². The summed E-state index contributed by atoms with van der Waals surface area (Å²) in [5, 5.41) is 0. The molecule has 0 saturated heterocycles. The van der Waals surface area contributed by atoms with E-state index in [4.69, 9.17) is 15.2 Å². The van der Waals surface area contributed by atoms with Crippen molar-refractivity contribution in [2.24, 2.45) is 5.73 Å². The summed E-state index contributed by atoms with van der Waals surface area (Å²) in [5.74, 6) is 0.508. The maximum absolute atomic E-state index is 13.0. The predicted molar refractivity (Wildman–Crippen MR) is 110 cm³/mol. The van der Waals surface area contributed by atoms with Gasteiger partial charge in [-0.25, -0.2) is 9.59 Å². The highest BCUT2D eigenvalue weighted by atomic mass is 16.6. The van der Waals surface area contributed by atoms with Crippen molar-refractivity contribution in [2.45, 2.75) is 32.2 Å². The molecule has 0 bridgehead atoms. The van der Waals surface area contributed by atoms with E-state index in [9.17, 15) is 9.59 Å². The van der Waals surface area contributed by atoms with Gasteiger partial charge in [-0.15, -0.1) is 0 Å². The van der Waals surface area contributed by atoms with E-state index < -0.39 is 12.2 Å². The number of pyridine rings is 1. The summed E-state index contributed by atoms with van der Waals surface area (Å²) in [4.78, 5) is 32.4. The highest BCUT2D eigenvalue weighted by molar-refractivity contribution is 6.01. The monoisotopic (exact) mass is 398 g/mol. The largest absolute Gasteiger partial charge is 0.452 e. The van der Waals surface area contributed by atoms with Crippen LogP contribution in [0.5, 0.6) is 5.75 Å². The third-order valence-electron chi connectivity index (χ3n) is 5.12. The van der Waals surface area contributed by atoms with Crippen LogP contribution >= 0.6 is 0 Å². The van der Waals surface area contributed by atoms with Crippen LogP contribution in [0.15, 0.2) is 42.7 Å². The van der Waals surface area contributed by atoms with E-state index in [1.807, 2.05) is 25.1 Å². The molecule has 2 heterocycles. The Kier molecular flexibility index (Phi) is 6.33. The highest BCUT2D eigenvalue weighted by Crippen LogP contribution is 2.39. The molecular weight excluding hydrogens is 372 g/mol. The van der Waals surface area contributed by atoms with Crippen LogP contribution in [0.2, 0.25) is 0 Å². The van der Waals surface area contributed by atoms with E-state index in [0.717, 1.165) is 12.0 Å². The lowest BCUT2D eigenvalue weighted by atomic mass is 9.94. The van der Waals surface area contributed by atoms with Gasteiger partial charge >= 0.3 is 12.2 Å².